The second-order valence-electron chi connectivity index (χ2n) is 5.99. The topological polar surface area (TPSA) is 71.2 Å². The van der Waals surface area contributed by atoms with Crippen LogP contribution in [0.3, 0.4) is 0 Å². The fourth-order valence-electron chi connectivity index (χ4n) is 3.19. The van der Waals surface area contributed by atoms with Crippen molar-refractivity contribution in [2.45, 2.75) is 0 Å². The molecule has 7 heteroatoms. The number of nitrogens with one attached hydrogen (secondary N) is 2. The maximum atomic E-state index is 13.7. The van der Waals surface area contributed by atoms with Crippen molar-refractivity contribution in [3.63, 3.8) is 0 Å². The molecule has 0 unspecified atom stereocenters. The van der Waals surface area contributed by atoms with Gasteiger partial charge in [0.05, 0.1) is 17.0 Å². The highest BCUT2D eigenvalue weighted by Crippen LogP contribution is 2.36. The Bertz CT molecular complexity index is 1100. The number of aromatic nitrogens is 1. The Kier molecular flexibility index (Phi) is 4.41. The minimum absolute atomic E-state index is 0.200. The number of carbonyl (C=O) groups is 2. The smallest absolute Gasteiger partial charge is 0.259 e. The standard InChI is InChI=1S/C20H14ClFN2O3/c21-6-7-27-13-3-1-2-11(8-13)17-18(20(26)24-19(17)25)15-10-23-16-5-4-12(22)9-14(15)16/h1-5,8-10,23H,6-7H2,(H,24,25,26). The second kappa shape index (κ2) is 6.89. The number of halogens is 2. The summed E-state index contributed by atoms with van der Waals surface area (Å²) in [4.78, 5) is 28.0. The Morgan fingerprint density at radius 2 is 1.85 bits per heavy atom. The molecule has 0 saturated carbocycles. The number of fused-ring (bicyclic) bond motifs is 1. The predicted octanol–water partition coefficient (Wildman–Crippen LogP) is 3.49. The van der Waals surface area contributed by atoms with Crippen LogP contribution in [-0.2, 0) is 9.59 Å². The Balaban J connectivity index is 1.90. The number of rotatable bonds is 5. The first-order valence-corrected chi connectivity index (χ1v) is 8.78. The third-order valence-corrected chi connectivity index (χ3v) is 4.47. The zero-order valence-corrected chi connectivity index (χ0v) is 14.8. The molecule has 0 bridgehead atoms. The molecule has 5 nitrogen and oxygen atoms in total. The quantitative estimate of drug-likeness (QED) is 0.522. The summed E-state index contributed by atoms with van der Waals surface area (Å²) >= 11 is 5.64. The number of amides is 2. The Morgan fingerprint density at radius 3 is 2.67 bits per heavy atom. The summed E-state index contributed by atoms with van der Waals surface area (Å²) in [7, 11) is 0. The molecule has 27 heavy (non-hydrogen) atoms. The molecule has 2 aromatic carbocycles. The lowest BCUT2D eigenvalue weighted by Gasteiger charge is -2.08. The summed E-state index contributed by atoms with van der Waals surface area (Å²) in [6.07, 6.45) is 1.60. The van der Waals surface area contributed by atoms with Crippen molar-refractivity contribution in [3.05, 3.63) is 65.6 Å². The molecule has 0 spiro atoms. The Hall–Kier alpha value is -3.12. The van der Waals surface area contributed by atoms with Crippen molar-refractivity contribution in [2.24, 2.45) is 0 Å². The average Bonchev–Trinajstić information content (AvgIpc) is 3.19. The molecule has 136 valence electrons. The van der Waals surface area contributed by atoms with Gasteiger partial charge in [0.2, 0.25) is 0 Å². The van der Waals surface area contributed by atoms with Gasteiger partial charge in [-0.15, -0.1) is 11.6 Å². The molecular formula is C20H14ClFN2O3. The summed E-state index contributed by atoms with van der Waals surface area (Å²) in [5.74, 6) is -0.579. The van der Waals surface area contributed by atoms with Crippen molar-refractivity contribution in [2.75, 3.05) is 12.5 Å². The molecule has 2 amide bonds. The van der Waals surface area contributed by atoms with Gasteiger partial charge in [0.15, 0.2) is 0 Å². The van der Waals surface area contributed by atoms with Gasteiger partial charge in [-0.05, 0) is 35.9 Å². The third-order valence-electron chi connectivity index (χ3n) is 4.31. The molecule has 0 atom stereocenters. The maximum Gasteiger partial charge on any atom is 0.259 e. The highest BCUT2D eigenvalue weighted by atomic mass is 35.5. The van der Waals surface area contributed by atoms with Crippen LogP contribution >= 0.6 is 11.6 Å². The van der Waals surface area contributed by atoms with Gasteiger partial charge in [-0.25, -0.2) is 4.39 Å². The van der Waals surface area contributed by atoms with Crippen molar-refractivity contribution in [1.82, 2.24) is 10.3 Å². The SMILES string of the molecule is O=C1NC(=O)C(c2c[nH]c3ccc(F)cc23)=C1c1cccc(OCCCl)c1. The molecule has 1 aliphatic rings. The number of imide groups is 1. The number of hydrogen-bond donors (Lipinski definition) is 2. The highest BCUT2D eigenvalue weighted by Gasteiger charge is 2.33. The van der Waals surface area contributed by atoms with Gasteiger partial charge in [-0.3, -0.25) is 14.9 Å². The van der Waals surface area contributed by atoms with Crippen molar-refractivity contribution < 1.29 is 18.7 Å². The van der Waals surface area contributed by atoms with Crippen LogP contribution in [0.15, 0.2) is 48.7 Å². The highest BCUT2D eigenvalue weighted by molar-refractivity contribution is 6.50. The molecule has 1 aliphatic heterocycles. The first-order valence-electron chi connectivity index (χ1n) is 8.24. The van der Waals surface area contributed by atoms with E-state index in [0.717, 1.165) is 0 Å². The normalized spacial score (nSPS) is 14.1. The van der Waals surface area contributed by atoms with Crippen LogP contribution in [0.5, 0.6) is 5.75 Å². The zero-order chi connectivity index (χ0) is 19.0. The molecule has 0 radical (unpaired) electrons. The molecule has 1 aromatic heterocycles. The van der Waals surface area contributed by atoms with Crippen LogP contribution < -0.4 is 10.1 Å². The van der Waals surface area contributed by atoms with Crippen LogP contribution in [0.2, 0.25) is 0 Å². The summed E-state index contributed by atoms with van der Waals surface area (Å²) in [6, 6.07) is 11.1. The van der Waals surface area contributed by atoms with Crippen molar-refractivity contribution >= 4 is 45.5 Å². The van der Waals surface area contributed by atoms with Crippen LogP contribution in [0.4, 0.5) is 4.39 Å². The zero-order valence-electron chi connectivity index (χ0n) is 14.0. The fourth-order valence-corrected chi connectivity index (χ4v) is 3.26. The lowest BCUT2D eigenvalue weighted by Crippen LogP contribution is -2.22. The fraction of sp³-hybridized carbons (Fsp3) is 0.100. The van der Waals surface area contributed by atoms with E-state index < -0.39 is 17.6 Å². The van der Waals surface area contributed by atoms with E-state index in [1.165, 1.54) is 12.1 Å². The number of alkyl halides is 1. The molecule has 2 heterocycles. The molecule has 3 aromatic rings. The van der Waals surface area contributed by atoms with E-state index in [4.69, 9.17) is 16.3 Å². The van der Waals surface area contributed by atoms with Crippen LogP contribution in [0.25, 0.3) is 22.0 Å². The van der Waals surface area contributed by atoms with Gasteiger partial charge < -0.3 is 9.72 Å². The number of aromatic amines is 1. The monoisotopic (exact) mass is 384 g/mol. The number of benzene rings is 2. The Morgan fingerprint density at radius 1 is 1.04 bits per heavy atom. The van der Waals surface area contributed by atoms with Crippen molar-refractivity contribution in [3.8, 4) is 5.75 Å². The van der Waals surface area contributed by atoms with Crippen LogP contribution in [0.1, 0.15) is 11.1 Å². The molecule has 2 N–H and O–H groups in total. The minimum Gasteiger partial charge on any atom is -0.492 e. The van der Waals surface area contributed by atoms with Gasteiger partial charge in [-0.2, -0.15) is 0 Å². The molecule has 0 fully saturated rings. The first kappa shape index (κ1) is 17.3. The maximum absolute atomic E-state index is 13.7. The number of H-pyrrole nitrogens is 1. The van der Waals surface area contributed by atoms with Gasteiger partial charge in [0.1, 0.15) is 18.2 Å². The number of carbonyl (C=O) groups excluding carboxylic acids is 2. The van der Waals surface area contributed by atoms with E-state index in [9.17, 15) is 14.0 Å². The summed E-state index contributed by atoms with van der Waals surface area (Å²) in [6.45, 7) is 0.323. The van der Waals surface area contributed by atoms with E-state index in [2.05, 4.69) is 10.3 Å². The third kappa shape index (κ3) is 3.08. The molecule has 0 saturated heterocycles. The number of hydrogen-bond acceptors (Lipinski definition) is 3. The second-order valence-corrected chi connectivity index (χ2v) is 6.37. The van der Waals surface area contributed by atoms with E-state index >= 15 is 0 Å². The minimum atomic E-state index is -0.521. The van der Waals surface area contributed by atoms with Gasteiger partial charge in [-0.1, -0.05) is 12.1 Å². The summed E-state index contributed by atoms with van der Waals surface area (Å²) in [5.41, 5.74) is 2.10. The van der Waals surface area contributed by atoms with Gasteiger partial charge in [0.25, 0.3) is 11.8 Å². The summed E-state index contributed by atoms with van der Waals surface area (Å²) in [5, 5.41) is 2.85. The predicted molar refractivity (Wildman–Crippen MR) is 101 cm³/mol. The van der Waals surface area contributed by atoms with Crippen molar-refractivity contribution in [1.29, 1.82) is 0 Å². The van der Waals surface area contributed by atoms with E-state index in [-0.39, 0.29) is 11.1 Å². The van der Waals surface area contributed by atoms with Gasteiger partial charge >= 0.3 is 0 Å². The van der Waals surface area contributed by atoms with E-state index in [1.807, 2.05) is 0 Å². The summed E-state index contributed by atoms with van der Waals surface area (Å²) < 4.78 is 19.2. The van der Waals surface area contributed by atoms with E-state index in [0.29, 0.717) is 40.3 Å². The molecule has 4 rings (SSSR count). The molecule has 0 aliphatic carbocycles. The molecular weight excluding hydrogens is 371 g/mol. The average molecular weight is 385 g/mol. The van der Waals surface area contributed by atoms with E-state index in [1.54, 1.807) is 36.5 Å². The van der Waals surface area contributed by atoms with Crippen LogP contribution in [0, 0.1) is 5.82 Å². The Labute approximate surface area is 158 Å². The lowest BCUT2D eigenvalue weighted by molar-refractivity contribution is -0.122. The number of ether oxygens (including phenoxy) is 1. The largest absolute Gasteiger partial charge is 0.492 e. The lowest BCUT2D eigenvalue weighted by atomic mass is 9.96. The van der Waals surface area contributed by atoms with Crippen LogP contribution in [-0.4, -0.2) is 29.3 Å². The first-order chi connectivity index (χ1) is 13.1. The van der Waals surface area contributed by atoms with Gasteiger partial charge in [0, 0.05) is 22.7 Å².